The van der Waals surface area contributed by atoms with Gasteiger partial charge < -0.3 is 23.7 Å². The lowest BCUT2D eigenvalue weighted by atomic mass is 9.92. The third kappa shape index (κ3) is 5.83. The standard InChI is InChI=1S/C36H26O9/c1-19(2)33(37)42-25-13-15-29-27(17-25)31(35(39)44-29)21-5-9-23(10-6-21)41-24-11-7-22(8-12-24)32-28-18-26(43-34(38)20(3)4)14-16-30(28)45-36(32)40/h5-18,31-32H,1,3H2,2,4H3. The first kappa shape index (κ1) is 29.1. The fourth-order valence-corrected chi connectivity index (χ4v) is 5.02. The molecule has 2 aliphatic heterocycles. The zero-order valence-electron chi connectivity index (χ0n) is 24.3. The molecule has 0 N–H and O–H groups in total. The molecule has 2 heterocycles. The molecule has 0 bridgehead atoms. The summed E-state index contributed by atoms with van der Waals surface area (Å²) in [6.07, 6.45) is 0. The number of fused-ring (bicyclic) bond motifs is 2. The fraction of sp³-hybridized carbons (Fsp3) is 0.111. The van der Waals surface area contributed by atoms with Gasteiger partial charge in [0, 0.05) is 22.3 Å². The highest BCUT2D eigenvalue weighted by Gasteiger charge is 2.36. The van der Waals surface area contributed by atoms with Crippen LogP contribution in [0.5, 0.6) is 34.5 Å². The van der Waals surface area contributed by atoms with Crippen LogP contribution in [0.1, 0.15) is 47.9 Å². The SMILES string of the molecule is C=C(C)C(=O)Oc1ccc2c(c1)C(c1ccc(Oc3ccc(C4C(=O)Oc5ccc(OC(=O)C(=C)C)cc54)cc3)cc1)C(=O)O2. The third-order valence-corrected chi connectivity index (χ3v) is 7.26. The van der Waals surface area contributed by atoms with Gasteiger partial charge in [0.05, 0.1) is 0 Å². The van der Waals surface area contributed by atoms with Gasteiger partial charge >= 0.3 is 23.9 Å². The lowest BCUT2D eigenvalue weighted by molar-refractivity contribution is -0.134. The van der Waals surface area contributed by atoms with Crippen LogP contribution in [-0.2, 0) is 19.2 Å². The molecule has 45 heavy (non-hydrogen) atoms. The van der Waals surface area contributed by atoms with Gasteiger partial charge in [-0.15, -0.1) is 0 Å². The normalized spacial score (nSPS) is 16.1. The van der Waals surface area contributed by atoms with Gasteiger partial charge in [-0.25, -0.2) is 9.59 Å². The Kier molecular flexibility index (Phi) is 7.52. The van der Waals surface area contributed by atoms with Crippen LogP contribution in [0.3, 0.4) is 0 Å². The van der Waals surface area contributed by atoms with Crippen LogP contribution in [-0.4, -0.2) is 23.9 Å². The molecule has 2 unspecified atom stereocenters. The second-order valence-electron chi connectivity index (χ2n) is 10.7. The minimum atomic E-state index is -0.698. The van der Waals surface area contributed by atoms with Crippen molar-refractivity contribution in [1.29, 1.82) is 0 Å². The molecule has 9 nitrogen and oxygen atoms in total. The highest BCUT2D eigenvalue weighted by atomic mass is 16.6. The topological polar surface area (TPSA) is 114 Å². The van der Waals surface area contributed by atoms with Crippen LogP contribution >= 0.6 is 0 Å². The van der Waals surface area contributed by atoms with Crippen LogP contribution in [0.15, 0.2) is 109 Å². The second-order valence-corrected chi connectivity index (χ2v) is 10.7. The largest absolute Gasteiger partial charge is 0.457 e. The van der Waals surface area contributed by atoms with Crippen molar-refractivity contribution >= 4 is 23.9 Å². The Labute approximate surface area is 258 Å². The van der Waals surface area contributed by atoms with Crippen LogP contribution < -0.4 is 23.7 Å². The summed E-state index contributed by atoms with van der Waals surface area (Å²) in [7, 11) is 0. The number of hydrogen-bond acceptors (Lipinski definition) is 9. The summed E-state index contributed by atoms with van der Waals surface area (Å²) < 4.78 is 27.5. The van der Waals surface area contributed by atoms with Gasteiger partial charge in [-0.1, -0.05) is 37.4 Å². The van der Waals surface area contributed by atoms with E-state index >= 15 is 0 Å². The van der Waals surface area contributed by atoms with Gasteiger partial charge in [0.15, 0.2) is 0 Å². The number of benzene rings is 4. The molecule has 0 saturated heterocycles. The summed E-state index contributed by atoms with van der Waals surface area (Å²) in [5.41, 5.74) is 3.04. The number of carbonyl (C=O) groups is 4. The van der Waals surface area contributed by atoms with Gasteiger partial charge in [-0.3, -0.25) is 9.59 Å². The summed E-state index contributed by atoms with van der Waals surface area (Å²) in [5, 5.41) is 0. The van der Waals surface area contributed by atoms with Crippen LogP contribution in [0.4, 0.5) is 0 Å². The maximum atomic E-state index is 12.7. The van der Waals surface area contributed by atoms with E-state index < -0.39 is 35.7 Å². The molecule has 0 radical (unpaired) electrons. The molecule has 0 aliphatic carbocycles. The predicted molar refractivity (Wildman–Crippen MR) is 162 cm³/mol. The van der Waals surface area contributed by atoms with Crippen molar-refractivity contribution in [3.8, 4) is 34.5 Å². The number of esters is 4. The van der Waals surface area contributed by atoms with E-state index in [-0.39, 0.29) is 22.6 Å². The van der Waals surface area contributed by atoms with E-state index in [0.29, 0.717) is 45.3 Å². The van der Waals surface area contributed by atoms with E-state index in [9.17, 15) is 19.2 Å². The van der Waals surface area contributed by atoms with Crippen molar-refractivity contribution in [1.82, 2.24) is 0 Å². The molecule has 0 saturated carbocycles. The number of rotatable bonds is 8. The molecule has 4 aromatic rings. The fourth-order valence-electron chi connectivity index (χ4n) is 5.02. The van der Waals surface area contributed by atoms with E-state index in [1.54, 1.807) is 98.8 Å². The van der Waals surface area contributed by atoms with Gasteiger partial charge in [0.2, 0.25) is 0 Å². The van der Waals surface area contributed by atoms with E-state index in [4.69, 9.17) is 23.7 Å². The monoisotopic (exact) mass is 602 g/mol. The van der Waals surface area contributed by atoms with Crippen molar-refractivity contribution in [2.75, 3.05) is 0 Å². The Bertz CT molecular complexity index is 1760. The second kappa shape index (κ2) is 11.6. The zero-order valence-corrected chi connectivity index (χ0v) is 24.3. The molecule has 0 amide bonds. The van der Waals surface area contributed by atoms with E-state index in [2.05, 4.69) is 13.2 Å². The van der Waals surface area contributed by atoms with E-state index in [1.807, 2.05) is 0 Å². The van der Waals surface area contributed by atoms with E-state index in [1.165, 1.54) is 0 Å². The van der Waals surface area contributed by atoms with Crippen molar-refractivity contribution < 1.29 is 42.9 Å². The van der Waals surface area contributed by atoms with Gasteiger partial charge in [0.25, 0.3) is 0 Å². The minimum Gasteiger partial charge on any atom is -0.457 e. The Morgan fingerprint density at radius 3 is 1.29 bits per heavy atom. The van der Waals surface area contributed by atoms with Crippen molar-refractivity contribution in [2.45, 2.75) is 25.7 Å². The number of ether oxygens (including phenoxy) is 5. The zero-order chi connectivity index (χ0) is 31.8. The molecule has 9 heteroatoms. The average Bonchev–Trinajstić information content (AvgIpc) is 3.52. The summed E-state index contributed by atoms with van der Waals surface area (Å²) in [6.45, 7) is 10.3. The summed E-state index contributed by atoms with van der Waals surface area (Å²) in [4.78, 5) is 49.4. The molecule has 2 aliphatic rings. The predicted octanol–water partition coefficient (Wildman–Crippen LogP) is 6.54. The molecule has 0 fully saturated rings. The van der Waals surface area contributed by atoms with Crippen LogP contribution in [0.25, 0.3) is 0 Å². The number of carbonyl (C=O) groups excluding carboxylic acids is 4. The van der Waals surface area contributed by atoms with Crippen LogP contribution in [0, 0.1) is 0 Å². The van der Waals surface area contributed by atoms with Gasteiger partial charge in [-0.05, 0) is 85.6 Å². The first-order chi connectivity index (χ1) is 21.6. The highest BCUT2D eigenvalue weighted by molar-refractivity contribution is 5.92. The Balaban J connectivity index is 1.16. The Hall–Kier alpha value is -5.96. The third-order valence-electron chi connectivity index (χ3n) is 7.26. The van der Waals surface area contributed by atoms with Gasteiger partial charge in [0.1, 0.15) is 46.3 Å². The molecular formula is C36H26O9. The molecule has 6 rings (SSSR count). The maximum Gasteiger partial charge on any atom is 0.338 e. The van der Waals surface area contributed by atoms with E-state index in [0.717, 1.165) is 0 Å². The van der Waals surface area contributed by atoms with Gasteiger partial charge in [-0.2, -0.15) is 0 Å². The molecule has 4 aromatic carbocycles. The summed E-state index contributed by atoms with van der Waals surface area (Å²) in [5.74, 6) is -0.970. The first-order valence-electron chi connectivity index (χ1n) is 13.9. The molecule has 224 valence electrons. The van der Waals surface area contributed by atoms with Crippen molar-refractivity contribution in [3.05, 3.63) is 131 Å². The summed E-state index contributed by atoms with van der Waals surface area (Å²) >= 11 is 0. The Morgan fingerprint density at radius 2 is 0.933 bits per heavy atom. The van der Waals surface area contributed by atoms with Crippen LogP contribution in [0.2, 0.25) is 0 Å². The molecular weight excluding hydrogens is 576 g/mol. The average molecular weight is 603 g/mol. The maximum absolute atomic E-state index is 12.7. The lowest BCUT2D eigenvalue weighted by Gasteiger charge is -2.12. The first-order valence-corrected chi connectivity index (χ1v) is 13.9. The minimum absolute atomic E-state index is 0.258. The van der Waals surface area contributed by atoms with Crippen molar-refractivity contribution in [2.24, 2.45) is 0 Å². The molecule has 0 spiro atoms. The lowest BCUT2D eigenvalue weighted by Crippen LogP contribution is -2.12. The summed E-state index contributed by atoms with van der Waals surface area (Å²) in [6, 6.07) is 23.5. The highest BCUT2D eigenvalue weighted by Crippen LogP contribution is 2.43. The molecule has 2 atom stereocenters. The molecule has 0 aromatic heterocycles. The Morgan fingerprint density at radius 1 is 0.578 bits per heavy atom. The van der Waals surface area contributed by atoms with Crippen molar-refractivity contribution in [3.63, 3.8) is 0 Å². The number of hydrogen-bond donors (Lipinski definition) is 0. The smallest absolute Gasteiger partial charge is 0.338 e. The quantitative estimate of drug-likeness (QED) is 0.126.